The molecule has 1 aliphatic carbocycles. The molecule has 4 aromatic rings. The minimum atomic E-state index is -5.08. The standard InChI is InChI=1S/C22H19F2N5O2S.C2HF3O2/c1-9-17(13-8-25-28-19(13)20(18(9)24)29(3)10(2)30)11-4-5-15-16(6-11)32-22(26-15)27-21(31)12-7-14(12)23;3-2(4,5)1(6)7/h4-6,8,12,14H,7H2,1-3H3,(H,25,28)(H,26,27,31);(H,6,7)/t12-,14+;/m1./s1. The van der Waals surface area contributed by atoms with E-state index in [4.69, 9.17) is 9.90 Å². The first-order chi connectivity index (χ1) is 18.2. The van der Waals surface area contributed by atoms with Crippen LogP contribution in [0.4, 0.5) is 32.8 Å². The molecule has 1 fully saturated rings. The van der Waals surface area contributed by atoms with Gasteiger partial charge >= 0.3 is 12.1 Å². The Morgan fingerprint density at radius 2 is 1.90 bits per heavy atom. The highest BCUT2D eigenvalue weighted by molar-refractivity contribution is 7.22. The molecule has 1 aliphatic rings. The van der Waals surface area contributed by atoms with Crippen LogP contribution in [-0.4, -0.2) is 57.5 Å². The fraction of sp³-hybridized carbons (Fsp3) is 0.292. The normalized spacial score (nSPS) is 16.5. The number of carboxylic acids is 1. The van der Waals surface area contributed by atoms with Crippen molar-refractivity contribution < 1.29 is 41.4 Å². The van der Waals surface area contributed by atoms with Crippen LogP contribution in [0.25, 0.3) is 32.2 Å². The van der Waals surface area contributed by atoms with E-state index in [1.807, 2.05) is 12.1 Å². The SMILES string of the molecule is CC(=O)N(C)c1c(F)c(C)c(-c2ccc3nc(NC(=O)[C@@H]4C[C@@H]4F)sc3c2)c2cn[nH]c12.O=C(O)C(F)(F)F. The molecule has 2 aromatic carbocycles. The summed E-state index contributed by atoms with van der Waals surface area (Å²) in [5, 5.41) is 17.8. The van der Waals surface area contributed by atoms with E-state index in [9.17, 15) is 27.2 Å². The number of hydrogen-bond donors (Lipinski definition) is 3. The first-order valence-corrected chi connectivity index (χ1v) is 12.1. The number of carbonyl (C=O) groups excluding carboxylic acids is 2. The molecule has 2 heterocycles. The highest BCUT2D eigenvalue weighted by Crippen LogP contribution is 2.41. The Hall–Kier alpha value is -4.14. The fourth-order valence-corrected chi connectivity index (χ4v) is 4.77. The second-order valence-corrected chi connectivity index (χ2v) is 9.78. The number of halogens is 5. The quantitative estimate of drug-likeness (QED) is 0.290. The van der Waals surface area contributed by atoms with E-state index in [0.29, 0.717) is 32.7 Å². The number of anilines is 2. The predicted molar refractivity (Wildman–Crippen MR) is 134 cm³/mol. The van der Waals surface area contributed by atoms with E-state index < -0.39 is 30.1 Å². The summed E-state index contributed by atoms with van der Waals surface area (Å²) in [6, 6.07) is 5.50. The smallest absolute Gasteiger partial charge is 0.475 e. The molecule has 3 N–H and O–H groups in total. The zero-order valence-corrected chi connectivity index (χ0v) is 21.3. The molecule has 15 heteroatoms. The number of aromatic nitrogens is 3. The summed E-state index contributed by atoms with van der Waals surface area (Å²) in [6.45, 7) is 3.04. The van der Waals surface area contributed by atoms with Gasteiger partial charge in [0.2, 0.25) is 11.8 Å². The van der Waals surface area contributed by atoms with Gasteiger partial charge in [0.05, 0.1) is 27.8 Å². The van der Waals surface area contributed by atoms with Crippen molar-refractivity contribution in [2.24, 2.45) is 5.92 Å². The van der Waals surface area contributed by atoms with Gasteiger partial charge in [-0.05, 0) is 42.2 Å². The Morgan fingerprint density at radius 1 is 1.26 bits per heavy atom. The third-order valence-electron chi connectivity index (χ3n) is 6.06. The van der Waals surface area contributed by atoms with Crippen LogP contribution >= 0.6 is 11.3 Å². The van der Waals surface area contributed by atoms with E-state index in [-0.39, 0.29) is 23.9 Å². The van der Waals surface area contributed by atoms with Gasteiger partial charge in [-0.1, -0.05) is 17.4 Å². The Kier molecular flexibility index (Phi) is 7.29. The summed E-state index contributed by atoms with van der Waals surface area (Å²) in [5.41, 5.74) is 3.07. The topological polar surface area (TPSA) is 128 Å². The van der Waals surface area contributed by atoms with E-state index in [1.165, 1.54) is 30.2 Å². The number of hydrogen-bond acceptors (Lipinski definition) is 6. The summed E-state index contributed by atoms with van der Waals surface area (Å²) in [6.07, 6.45) is -4.29. The van der Waals surface area contributed by atoms with Crippen molar-refractivity contribution in [3.8, 4) is 11.1 Å². The molecule has 1 saturated carbocycles. The van der Waals surface area contributed by atoms with Gasteiger partial charge in [-0.3, -0.25) is 14.7 Å². The number of H-pyrrole nitrogens is 1. The number of aliphatic carboxylic acids is 1. The molecule has 0 bridgehead atoms. The van der Waals surface area contributed by atoms with Crippen molar-refractivity contribution >= 4 is 61.1 Å². The second-order valence-electron chi connectivity index (χ2n) is 8.75. The molecular formula is C24H20F5N5O4S. The lowest BCUT2D eigenvalue weighted by atomic mass is 9.95. The average Bonchev–Trinajstić information content (AvgIpc) is 3.22. The number of carbonyl (C=O) groups is 3. The predicted octanol–water partition coefficient (Wildman–Crippen LogP) is 5.20. The molecule has 2 amide bonds. The minimum absolute atomic E-state index is 0.154. The molecular weight excluding hydrogens is 549 g/mol. The Balaban J connectivity index is 0.000000448. The lowest BCUT2D eigenvalue weighted by Gasteiger charge is -2.20. The van der Waals surface area contributed by atoms with Gasteiger partial charge in [-0.2, -0.15) is 18.3 Å². The van der Waals surface area contributed by atoms with Crippen LogP contribution in [0.2, 0.25) is 0 Å². The third-order valence-corrected chi connectivity index (χ3v) is 7.00. The van der Waals surface area contributed by atoms with Crippen LogP contribution in [0.1, 0.15) is 18.9 Å². The molecule has 0 aliphatic heterocycles. The van der Waals surface area contributed by atoms with Crippen molar-refractivity contribution in [1.82, 2.24) is 15.2 Å². The van der Waals surface area contributed by atoms with Gasteiger partial charge in [0.1, 0.15) is 11.9 Å². The van der Waals surface area contributed by atoms with Crippen LogP contribution < -0.4 is 10.2 Å². The highest BCUT2D eigenvalue weighted by atomic mass is 32.1. The number of amides is 2. The summed E-state index contributed by atoms with van der Waals surface area (Å²) in [5.74, 6) is -4.51. The van der Waals surface area contributed by atoms with Crippen LogP contribution in [0.15, 0.2) is 24.4 Å². The highest BCUT2D eigenvalue weighted by Gasteiger charge is 2.44. The number of alkyl halides is 4. The third kappa shape index (κ3) is 5.53. The number of aromatic amines is 1. The zero-order chi connectivity index (χ0) is 28.8. The first kappa shape index (κ1) is 27.9. The maximum Gasteiger partial charge on any atom is 0.490 e. The number of thiazole rings is 1. The number of fused-ring (bicyclic) bond motifs is 2. The summed E-state index contributed by atoms with van der Waals surface area (Å²) >= 11 is 1.27. The van der Waals surface area contributed by atoms with Crippen molar-refractivity contribution in [2.75, 3.05) is 17.3 Å². The van der Waals surface area contributed by atoms with Gasteiger partial charge in [0, 0.05) is 19.4 Å². The molecule has 206 valence electrons. The largest absolute Gasteiger partial charge is 0.490 e. The Morgan fingerprint density at radius 3 is 2.46 bits per heavy atom. The Bertz CT molecular complexity index is 1620. The monoisotopic (exact) mass is 569 g/mol. The van der Waals surface area contributed by atoms with Gasteiger partial charge in [0.25, 0.3) is 0 Å². The Labute approximate surface area is 220 Å². The molecule has 2 aromatic heterocycles. The molecule has 0 saturated heterocycles. The van der Waals surface area contributed by atoms with Gasteiger partial charge in [-0.15, -0.1) is 0 Å². The molecule has 0 radical (unpaired) electrons. The molecule has 0 unspecified atom stereocenters. The maximum atomic E-state index is 15.4. The summed E-state index contributed by atoms with van der Waals surface area (Å²) < 4.78 is 61.1. The molecule has 0 spiro atoms. The lowest BCUT2D eigenvalue weighted by molar-refractivity contribution is -0.192. The summed E-state index contributed by atoms with van der Waals surface area (Å²) in [7, 11) is 1.52. The van der Waals surface area contributed by atoms with Crippen LogP contribution in [-0.2, 0) is 14.4 Å². The number of carboxylic acid groups (broad SMARTS) is 1. The number of rotatable bonds is 4. The van der Waals surface area contributed by atoms with Gasteiger partial charge < -0.3 is 15.3 Å². The van der Waals surface area contributed by atoms with Gasteiger partial charge in [-0.25, -0.2) is 18.6 Å². The van der Waals surface area contributed by atoms with Crippen molar-refractivity contribution in [3.63, 3.8) is 0 Å². The van der Waals surface area contributed by atoms with E-state index in [2.05, 4.69) is 20.5 Å². The minimum Gasteiger partial charge on any atom is -0.475 e. The van der Waals surface area contributed by atoms with Crippen molar-refractivity contribution in [1.29, 1.82) is 0 Å². The van der Waals surface area contributed by atoms with Gasteiger partial charge in [0.15, 0.2) is 10.9 Å². The molecule has 2 atom stereocenters. The van der Waals surface area contributed by atoms with E-state index >= 15 is 4.39 Å². The fourth-order valence-electron chi connectivity index (χ4n) is 3.87. The van der Waals surface area contributed by atoms with Crippen LogP contribution in [0, 0.1) is 18.7 Å². The molecule has 39 heavy (non-hydrogen) atoms. The van der Waals surface area contributed by atoms with Crippen molar-refractivity contribution in [3.05, 3.63) is 35.8 Å². The van der Waals surface area contributed by atoms with Crippen molar-refractivity contribution in [2.45, 2.75) is 32.6 Å². The lowest BCUT2D eigenvalue weighted by Crippen LogP contribution is -2.24. The second kappa shape index (κ2) is 10.2. The molecule has 5 rings (SSSR count). The van der Waals surface area contributed by atoms with Crippen LogP contribution in [0.5, 0.6) is 0 Å². The number of nitrogens with one attached hydrogen (secondary N) is 2. The van der Waals surface area contributed by atoms with E-state index in [0.717, 1.165) is 10.3 Å². The van der Waals surface area contributed by atoms with Crippen LogP contribution in [0.3, 0.4) is 0 Å². The molecule has 9 nitrogen and oxygen atoms in total. The number of nitrogens with zero attached hydrogens (tertiary/aromatic N) is 3. The summed E-state index contributed by atoms with van der Waals surface area (Å²) in [4.78, 5) is 38.5. The zero-order valence-electron chi connectivity index (χ0n) is 20.5. The van der Waals surface area contributed by atoms with E-state index in [1.54, 1.807) is 19.2 Å². The average molecular weight is 570 g/mol. The first-order valence-electron chi connectivity index (χ1n) is 11.3. The number of benzene rings is 2. The maximum absolute atomic E-state index is 15.4.